The number of carboxylic acids is 1. The number of rotatable bonds is 6. The van der Waals surface area contributed by atoms with Gasteiger partial charge in [-0.1, -0.05) is 6.07 Å². The molecule has 0 atom stereocenters. The maximum Gasteiger partial charge on any atom is 0.303 e. The molecule has 1 saturated heterocycles. The van der Waals surface area contributed by atoms with E-state index in [4.69, 9.17) is 14.8 Å². The van der Waals surface area contributed by atoms with E-state index in [9.17, 15) is 4.79 Å². The minimum atomic E-state index is -0.681. The minimum Gasteiger partial charge on any atom is -0.481 e. The number of carbonyl (C=O) groups is 1. The van der Waals surface area contributed by atoms with Crippen molar-refractivity contribution in [3.8, 4) is 11.4 Å². The summed E-state index contributed by atoms with van der Waals surface area (Å²) in [6.07, 6.45) is 8.65. The maximum atomic E-state index is 10.9. The lowest BCUT2D eigenvalue weighted by molar-refractivity contribution is -0.138. The fraction of sp³-hybridized carbons (Fsp3) is 0.480. The number of aliphatic carboxylic acids is 1. The number of anilines is 1. The number of hydrogen-bond acceptors (Lipinski definition) is 5. The first-order valence-electron chi connectivity index (χ1n) is 11.8. The van der Waals surface area contributed by atoms with Gasteiger partial charge in [0.2, 0.25) is 0 Å². The van der Waals surface area contributed by atoms with E-state index >= 15 is 0 Å². The van der Waals surface area contributed by atoms with Crippen molar-refractivity contribution >= 4 is 38.8 Å². The number of aromatic nitrogens is 3. The molecule has 2 aliphatic rings. The highest BCUT2D eigenvalue weighted by molar-refractivity contribution is 9.10. The van der Waals surface area contributed by atoms with E-state index in [2.05, 4.69) is 42.9 Å². The Morgan fingerprint density at radius 3 is 2.52 bits per heavy atom. The lowest BCUT2D eigenvalue weighted by atomic mass is 9.85. The summed E-state index contributed by atoms with van der Waals surface area (Å²) in [6, 6.07) is 10.1. The Balaban J connectivity index is 1.13. The second-order valence-electron chi connectivity index (χ2n) is 9.19. The van der Waals surface area contributed by atoms with Crippen LogP contribution in [0.1, 0.15) is 44.9 Å². The van der Waals surface area contributed by atoms with Crippen LogP contribution in [-0.2, 0) is 9.53 Å². The molecule has 2 fully saturated rings. The molecule has 5 rings (SSSR count). The van der Waals surface area contributed by atoms with E-state index in [0.717, 1.165) is 84.3 Å². The quantitative estimate of drug-likeness (QED) is 0.458. The SMILES string of the molecule is O=C(O)C[C@H]1CC[C@H](OC2CCN(c3ccc(-c4nc5cccc(Br)c5[nH]4)cn3)CC2)CC1. The molecule has 0 bridgehead atoms. The lowest BCUT2D eigenvalue weighted by Gasteiger charge is -2.36. The van der Waals surface area contributed by atoms with Crippen LogP contribution < -0.4 is 4.90 Å². The number of ether oxygens (including phenoxy) is 1. The first-order chi connectivity index (χ1) is 16.0. The topological polar surface area (TPSA) is 91.3 Å². The molecule has 3 aromatic rings. The number of nitrogens with zero attached hydrogens (tertiary/aromatic N) is 3. The summed E-state index contributed by atoms with van der Waals surface area (Å²) in [5.74, 6) is 1.45. The number of hydrogen-bond donors (Lipinski definition) is 2. The molecule has 33 heavy (non-hydrogen) atoms. The molecule has 0 amide bonds. The molecule has 3 heterocycles. The smallest absolute Gasteiger partial charge is 0.303 e. The highest BCUT2D eigenvalue weighted by atomic mass is 79.9. The third kappa shape index (κ3) is 5.22. The van der Waals surface area contributed by atoms with Gasteiger partial charge in [0.05, 0.1) is 23.2 Å². The number of pyridine rings is 1. The molecule has 8 heteroatoms. The van der Waals surface area contributed by atoms with Crippen molar-refractivity contribution in [2.75, 3.05) is 18.0 Å². The van der Waals surface area contributed by atoms with Crippen molar-refractivity contribution in [1.82, 2.24) is 15.0 Å². The van der Waals surface area contributed by atoms with Crippen LogP contribution in [0.2, 0.25) is 0 Å². The van der Waals surface area contributed by atoms with E-state index in [0.29, 0.717) is 12.3 Å². The number of carboxylic acid groups (broad SMARTS) is 1. The van der Waals surface area contributed by atoms with Crippen molar-refractivity contribution in [1.29, 1.82) is 0 Å². The summed E-state index contributed by atoms with van der Waals surface area (Å²) < 4.78 is 7.38. The Morgan fingerprint density at radius 1 is 1.09 bits per heavy atom. The van der Waals surface area contributed by atoms with Crippen LogP contribution in [0.25, 0.3) is 22.4 Å². The van der Waals surface area contributed by atoms with Gasteiger partial charge in [0.25, 0.3) is 0 Å². The van der Waals surface area contributed by atoms with Crippen molar-refractivity contribution in [3.63, 3.8) is 0 Å². The zero-order valence-electron chi connectivity index (χ0n) is 18.5. The van der Waals surface area contributed by atoms with E-state index in [1.54, 1.807) is 0 Å². The molecular weight excluding hydrogens is 484 g/mol. The Hall–Kier alpha value is -2.45. The average molecular weight is 513 g/mol. The van der Waals surface area contributed by atoms with Crippen LogP contribution in [0.15, 0.2) is 41.0 Å². The van der Waals surface area contributed by atoms with E-state index in [-0.39, 0.29) is 12.2 Å². The zero-order chi connectivity index (χ0) is 22.8. The molecule has 174 valence electrons. The number of benzene rings is 1. The summed E-state index contributed by atoms with van der Waals surface area (Å²) in [4.78, 5) is 26.0. The fourth-order valence-electron chi connectivity index (χ4n) is 5.06. The third-order valence-corrected chi connectivity index (χ3v) is 7.56. The maximum absolute atomic E-state index is 10.9. The van der Waals surface area contributed by atoms with Gasteiger partial charge in [0, 0.05) is 35.7 Å². The molecule has 1 aliphatic heterocycles. The van der Waals surface area contributed by atoms with Gasteiger partial charge in [-0.15, -0.1) is 0 Å². The standard InChI is InChI=1S/C25H29BrN4O3/c26-20-2-1-3-21-24(20)29-25(28-21)17-6-9-22(27-15-17)30-12-10-19(11-13-30)33-18-7-4-16(5-8-18)14-23(31)32/h1-3,6,9,15-16,18-19H,4-5,7-8,10-14H2,(H,28,29)(H,31,32)/t16-,18-. The number of fused-ring (bicyclic) bond motifs is 1. The second kappa shape index (κ2) is 9.81. The molecule has 1 saturated carbocycles. The van der Waals surface area contributed by atoms with Gasteiger partial charge in [-0.2, -0.15) is 0 Å². The van der Waals surface area contributed by atoms with Crippen LogP contribution in [0, 0.1) is 5.92 Å². The molecule has 1 aromatic carbocycles. The van der Waals surface area contributed by atoms with E-state index < -0.39 is 5.97 Å². The molecular formula is C25H29BrN4O3. The third-order valence-electron chi connectivity index (χ3n) is 6.90. The van der Waals surface area contributed by atoms with Gasteiger partial charge in [-0.3, -0.25) is 4.79 Å². The predicted octanol–water partition coefficient (Wildman–Crippen LogP) is 5.41. The van der Waals surface area contributed by atoms with Crippen LogP contribution in [-0.4, -0.2) is 51.3 Å². The van der Waals surface area contributed by atoms with E-state index in [1.165, 1.54) is 0 Å². The van der Waals surface area contributed by atoms with Crippen LogP contribution in [0.4, 0.5) is 5.82 Å². The van der Waals surface area contributed by atoms with Gasteiger partial charge in [-0.05, 0) is 84.6 Å². The highest BCUT2D eigenvalue weighted by Crippen LogP contribution is 2.31. The molecule has 7 nitrogen and oxygen atoms in total. The van der Waals surface area contributed by atoms with Crippen LogP contribution in [0.3, 0.4) is 0 Å². The molecule has 1 aliphatic carbocycles. The van der Waals surface area contributed by atoms with Gasteiger partial charge in [0.15, 0.2) is 0 Å². The number of halogens is 1. The summed E-state index contributed by atoms with van der Waals surface area (Å²) >= 11 is 3.57. The normalized spacial score (nSPS) is 22.0. The van der Waals surface area contributed by atoms with Crippen LogP contribution in [0.5, 0.6) is 0 Å². The van der Waals surface area contributed by atoms with E-state index in [1.807, 2.05) is 24.4 Å². The Labute approximate surface area is 201 Å². The van der Waals surface area contributed by atoms with Gasteiger partial charge in [0.1, 0.15) is 11.6 Å². The number of nitrogens with one attached hydrogen (secondary N) is 1. The Bertz CT molecular complexity index is 1100. The van der Waals surface area contributed by atoms with Gasteiger partial charge >= 0.3 is 5.97 Å². The molecule has 2 N–H and O–H groups in total. The summed E-state index contributed by atoms with van der Waals surface area (Å²) in [6.45, 7) is 1.87. The Kier molecular flexibility index (Phi) is 6.64. The molecule has 0 unspecified atom stereocenters. The highest BCUT2D eigenvalue weighted by Gasteiger charge is 2.28. The fourth-order valence-corrected chi connectivity index (χ4v) is 5.51. The van der Waals surface area contributed by atoms with Gasteiger partial charge < -0.3 is 19.7 Å². The second-order valence-corrected chi connectivity index (χ2v) is 10.0. The predicted molar refractivity (Wildman–Crippen MR) is 131 cm³/mol. The Morgan fingerprint density at radius 2 is 1.85 bits per heavy atom. The monoisotopic (exact) mass is 512 g/mol. The number of para-hydroxylation sites is 1. The number of aromatic amines is 1. The van der Waals surface area contributed by atoms with Crippen molar-refractivity contribution in [2.24, 2.45) is 5.92 Å². The van der Waals surface area contributed by atoms with Gasteiger partial charge in [-0.25, -0.2) is 9.97 Å². The summed E-state index contributed by atoms with van der Waals surface area (Å²) in [5.41, 5.74) is 2.90. The molecule has 2 aromatic heterocycles. The number of H-pyrrole nitrogens is 1. The number of imidazole rings is 1. The van der Waals surface area contributed by atoms with Crippen LogP contribution >= 0.6 is 15.9 Å². The lowest BCUT2D eigenvalue weighted by Crippen LogP contribution is -2.39. The van der Waals surface area contributed by atoms with Crippen molar-refractivity contribution in [2.45, 2.75) is 57.2 Å². The summed E-state index contributed by atoms with van der Waals surface area (Å²) in [5, 5.41) is 8.98. The molecule has 0 radical (unpaired) electrons. The number of piperidine rings is 1. The average Bonchev–Trinajstić information content (AvgIpc) is 3.27. The zero-order valence-corrected chi connectivity index (χ0v) is 20.1. The largest absolute Gasteiger partial charge is 0.481 e. The van der Waals surface area contributed by atoms with Crippen molar-refractivity contribution < 1.29 is 14.6 Å². The van der Waals surface area contributed by atoms with Crippen molar-refractivity contribution in [3.05, 3.63) is 41.0 Å². The minimum absolute atomic E-state index is 0.285. The first kappa shape index (κ1) is 22.3. The summed E-state index contributed by atoms with van der Waals surface area (Å²) in [7, 11) is 0. The molecule has 0 spiro atoms. The first-order valence-corrected chi connectivity index (χ1v) is 12.6.